The van der Waals surface area contributed by atoms with Crippen molar-refractivity contribution in [1.82, 2.24) is 0 Å². The first kappa shape index (κ1) is 19.7. The van der Waals surface area contributed by atoms with Crippen LogP contribution in [0.1, 0.15) is 91.9 Å². The van der Waals surface area contributed by atoms with Crippen molar-refractivity contribution < 1.29 is 9.90 Å². The zero-order chi connectivity index (χ0) is 16.6. The topological polar surface area (TPSA) is 37.3 Å². The van der Waals surface area contributed by atoms with E-state index in [0.29, 0.717) is 17.4 Å². The van der Waals surface area contributed by atoms with Crippen LogP contribution in [0.3, 0.4) is 0 Å². The molecular formula is C20H38O2. The largest absolute Gasteiger partial charge is 0.396 e. The van der Waals surface area contributed by atoms with E-state index in [2.05, 4.69) is 27.7 Å². The second-order valence-electron chi connectivity index (χ2n) is 9.16. The Kier molecular flexibility index (Phi) is 8.10. The van der Waals surface area contributed by atoms with E-state index < -0.39 is 0 Å². The van der Waals surface area contributed by atoms with E-state index in [1.165, 1.54) is 44.9 Å². The van der Waals surface area contributed by atoms with Crippen molar-refractivity contribution in [1.29, 1.82) is 0 Å². The molecule has 0 amide bonds. The van der Waals surface area contributed by atoms with Gasteiger partial charge in [-0.2, -0.15) is 0 Å². The minimum atomic E-state index is 0.372. The normalized spacial score (nSPS) is 29.0. The van der Waals surface area contributed by atoms with Crippen molar-refractivity contribution in [2.24, 2.45) is 22.7 Å². The van der Waals surface area contributed by atoms with Gasteiger partial charge >= 0.3 is 0 Å². The smallest absolute Gasteiger partial charge is 0.120 e. The monoisotopic (exact) mass is 310 g/mol. The molecule has 2 atom stereocenters. The second-order valence-corrected chi connectivity index (χ2v) is 9.16. The minimum absolute atomic E-state index is 0.372. The zero-order valence-electron chi connectivity index (χ0n) is 15.4. The number of aliphatic hydroxyl groups is 1. The number of aliphatic hydroxyl groups excluding tert-OH is 1. The third-order valence-corrected chi connectivity index (χ3v) is 5.60. The van der Waals surface area contributed by atoms with Gasteiger partial charge in [-0.15, -0.1) is 0 Å². The Hall–Kier alpha value is -0.370. The van der Waals surface area contributed by atoms with Crippen LogP contribution in [0.5, 0.6) is 0 Å². The molecule has 2 aliphatic rings. The SMILES string of the molecule is CC1(C)CCC(CCC=O)C1.CC1(C)CCC(CCCO)C1. The average molecular weight is 311 g/mol. The lowest BCUT2D eigenvalue weighted by molar-refractivity contribution is -0.108. The number of hydrogen-bond acceptors (Lipinski definition) is 2. The summed E-state index contributed by atoms with van der Waals surface area (Å²) in [7, 11) is 0. The highest BCUT2D eigenvalue weighted by atomic mass is 16.2. The highest BCUT2D eigenvalue weighted by molar-refractivity contribution is 5.49. The molecule has 0 aromatic carbocycles. The molecule has 0 heterocycles. The Morgan fingerprint density at radius 1 is 0.955 bits per heavy atom. The van der Waals surface area contributed by atoms with Gasteiger partial charge in [0.05, 0.1) is 0 Å². The van der Waals surface area contributed by atoms with Gasteiger partial charge in [0.15, 0.2) is 0 Å². The van der Waals surface area contributed by atoms with E-state index in [1.54, 1.807) is 0 Å². The van der Waals surface area contributed by atoms with Gasteiger partial charge in [0.1, 0.15) is 6.29 Å². The Labute approximate surface area is 138 Å². The summed E-state index contributed by atoms with van der Waals surface area (Å²) in [4.78, 5) is 10.1. The molecule has 0 saturated heterocycles. The highest BCUT2D eigenvalue weighted by Crippen LogP contribution is 2.43. The quantitative estimate of drug-likeness (QED) is 0.669. The predicted molar refractivity (Wildman–Crippen MR) is 93.9 cm³/mol. The summed E-state index contributed by atoms with van der Waals surface area (Å²) < 4.78 is 0. The maximum absolute atomic E-state index is 10.1. The Morgan fingerprint density at radius 3 is 1.82 bits per heavy atom. The fourth-order valence-electron chi connectivity index (χ4n) is 4.34. The van der Waals surface area contributed by atoms with E-state index in [1.807, 2.05) is 0 Å². The molecule has 0 radical (unpaired) electrons. The molecule has 2 unspecified atom stereocenters. The van der Waals surface area contributed by atoms with Crippen LogP contribution < -0.4 is 0 Å². The van der Waals surface area contributed by atoms with Crippen LogP contribution in [0.15, 0.2) is 0 Å². The summed E-state index contributed by atoms with van der Waals surface area (Å²) in [6.07, 6.45) is 13.3. The van der Waals surface area contributed by atoms with Crippen molar-refractivity contribution in [2.45, 2.75) is 91.9 Å². The number of aldehydes is 1. The van der Waals surface area contributed by atoms with Crippen LogP contribution in [0.2, 0.25) is 0 Å². The molecule has 2 rings (SSSR count). The van der Waals surface area contributed by atoms with Crippen LogP contribution in [-0.2, 0) is 4.79 Å². The lowest BCUT2D eigenvalue weighted by Gasteiger charge is -2.16. The molecule has 0 spiro atoms. The Morgan fingerprint density at radius 2 is 1.45 bits per heavy atom. The van der Waals surface area contributed by atoms with E-state index in [-0.39, 0.29) is 0 Å². The van der Waals surface area contributed by atoms with Gasteiger partial charge in [-0.05, 0) is 80.5 Å². The molecule has 0 aliphatic heterocycles. The lowest BCUT2D eigenvalue weighted by atomic mass is 9.89. The maximum Gasteiger partial charge on any atom is 0.120 e. The first-order valence-corrected chi connectivity index (χ1v) is 9.32. The van der Waals surface area contributed by atoms with Crippen molar-refractivity contribution in [3.8, 4) is 0 Å². The molecule has 2 heteroatoms. The van der Waals surface area contributed by atoms with E-state index in [9.17, 15) is 4.79 Å². The second kappa shape index (κ2) is 9.05. The van der Waals surface area contributed by atoms with Gasteiger partial charge in [-0.1, -0.05) is 27.7 Å². The van der Waals surface area contributed by atoms with Crippen molar-refractivity contribution in [3.63, 3.8) is 0 Å². The molecule has 2 aliphatic carbocycles. The standard InChI is InChI=1S/C10H20O.C10H18O/c2*1-10(2)6-5-9(8-10)4-3-7-11/h9,11H,3-8H2,1-2H3;7,9H,3-6,8H2,1-2H3. The Balaban J connectivity index is 0.000000220. The van der Waals surface area contributed by atoms with Gasteiger partial charge in [0.2, 0.25) is 0 Å². The molecule has 2 saturated carbocycles. The number of carbonyl (C=O) groups is 1. The molecule has 2 nitrogen and oxygen atoms in total. The number of carbonyl (C=O) groups excluding carboxylic acids is 1. The fourth-order valence-corrected chi connectivity index (χ4v) is 4.34. The van der Waals surface area contributed by atoms with Crippen molar-refractivity contribution >= 4 is 6.29 Å². The van der Waals surface area contributed by atoms with Crippen LogP contribution in [-0.4, -0.2) is 18.0 Å². The van der Waals surface area contributed by atoms with E-state index in [0.717, 1.165) is 37.4 Å². The lowest BCUT2D eigenvalue weighted by Crippen LogP contribution is -2.05. The predicted octanol–water partition coefficient (Wildman–Crippen LogP) is 5.38. The van der Waals surface area contributed by atoms with E-state index in [4.69, 9.17) is 5.11 Å². The van der Waals surface area contributed by atoms with E-state index >= 15 is 0 Å². The fraction of sp³-hybridized carbons (Fsp3) is 0.950. The van der Waals surface area contributed by atoms with Crippen LogP contribution >= 0.6 is 0 Å². The first-order valence-electron chi connectivity index (χ1n) is 9.32. The average Bonchev–Trinajstić information content (AvgIpc) is 2.96. The molecule has 0 aromatic heterocycles. The molecule has 0 bridgehead atoms. The van der Waals surface area contributed by atoms with Gasteiger partial charge in [0.25, 0.3) is 0 Å². The van der Waals surface area contributed by atoms with Crippen molar-refractivity contribution in [2.75, 3.05) is 6.61 Å². The van der Waals surface area contributed by atoms with Crippen LogP contribution in [0.4, 0.5) is 0 Å². The summed E-state index contributed by atoms with van der Waals surface area (Å²) in [6.45, 7) is 9.73. The zero-order valence-corrected chi connectivity index (χ0v) is 15.4. The number of hydrogen-bond donors (Lipinski definition) is 1. The summed E-state index contributed by atoms with van der Waals surface area (Å²) in [5, 5.41) is 8.66. The Bertz CT molecular complexity index is 320. The summed E-state index contributed by atoms with van der Waals surface area (Å²) >= 11 is 0. The van der Waals surface area contributed by atoms with Crippen LogP contribution in [0.25, 0.3) is 0 Å². The molecule has 2 fully saturated rings. The van der Waals surface area contributed by atoms with Gasteiger partial charge in [-0.25, -0.2) is 0 Å². The molecule has 22 heavy (non-hydrogen) atoms. The molecule has 130 valence electrons. The molecular weight excluding hydrogens is 272 g/mol. The third-order valence-electron chi connectivity index (χ3n) is 5.60. The van der Waals surface area contributed by atoms with Crippen LogP contribution in [0, 0.1) is 22.7 Å². The molecule has 1 N–H and O–H groups in total. The van der Waals surface area contributed by atoms with Gasteiger partial charge < -0.3 is 9.90 Å². The highest BCUT2D eigenvalue weighted by Gasteiger charge is 2.30. The van der Waals surface area contributed by atoms with Gasteiger partial charge in [-0.3, -0.25) is 0 Å². The molecule has 0 aromatic rings. The summed E-state index contributed by atoms with van der Waals surface area (Å²) in [5.41, 5.74) is 1.13. The third kappa shape index (κ3) is 7.76. The minimum Gasteiger partial charge on any atom is -0.396 e. The van der Waals surface area contributed by atoms with Gasteiger partial charge in [0, 0.05) is 13.0 Å². The number of rotatable bonds is 6. The summed E-state index contributed by atoms with van der Waals surface area (Å²) in [5.74, 6) is 1.73. The van der Waals surface area contributed by atoms with Crippen molar-refractivity contribution in [3.05, 3.63) is 0 Å². The first-order chi connectivity index (χ1) is 10.3. The maximum atomic E-state index is 10.1. The summed E-state index contributed by atoms with van der Waals surface area (Å²) in [6, 6.07) is 0.